The van der Waals surface area contributed by atoms with Crippen LogP contribution in [0.5, 0.6) is 11.5 Å². The third-order valence-corrected chi connectivity index (χ3v) is 10.6. The summed E-state index contributed by atoms with van der Waals surface area (Å²) >= 11 is 0. The van der Waals surface area contributed by atoms with Gasteiger partial charge >= 0.3 is 27.1 Å². The van der Waals surface area contributed by atoms with Crippen LogP contribution < -0.4 is 9.31 Å². The molecule has 0 amide bonds. The van der Waals surface area contributed by atoms with E-state index >= 15 is 0 Å². The quantitative estimate of drug-likeness (QED) is 0.127. The van der Waals surface area contributed by atoms with Gasteiger partial charge in [-0.05, 0) is 45.5 Å². The zero-order valence-corrected chi connectivity index (χ0v) is 38.7. The fraction of sp³-hybridized carbons (Fsp3) is 0.340. The summed E-state index contributed by atoms with van der Waals surface area (Å²) in [6.07, 6.45) is 1.89. The van der Waals surface area contributed by atoms with E-state index < -0.39 is 0 Å². The SMILES string of the molecule is C[N+]1=C=[N+](c2[c-]c(Oc3[c-]c4c(cc3-c3nc(C(C)(C)C)nc(C(C)(C)C)n3)c3ccccc3n4-c3cc(C(C)(C)C)ccn3)cc(C(C)(C)C)c2)c2ccccc21.[Pt+2]. The van der Waals surface area contributed by atoms with Crippen molar-refractivity contribution in [1.29, 1.82) is 0 Å². The van der Waals surface area contributed by atoms with Gasteiger partial charge < -0.3 is 9.30 Å². The summed E-state index contributed by atoms with van der Waals surface area (Å²) in [5, 5.41) is 2.06. The van der Waals surface area contributed by atoms with E-state index in [1.165, 1.54) is 5.56 Å². The number of nitrogens with zero attached hydrogens (tertiary/aromatic N) is 7. The molecule has 4 heterocycles. The van der Waals surface area contributed by atoms with Gasteiger partial charge in [-0.1, -0.05) is 140 Å². The maximum absolute atomic E-state index is 7.13. The van der Waals surface area contributed by atoms with Crippen molar-refractivity contribution in [2.75, 3.05) is 7.05 Å². The summed E-state index contributed by atoms with van der Waals surface area (Å²) < 4.78 is 13.4. The van der Waals surface area contributed by atoms with Crippen LogP contribution in [0.2, 0.25) is 0 Å². The van der Waals surface area contributed by atoms with E-state index in [-0.39, 0.29) is 42.7 Å². The average Bonchev–Trinajstić information content (AvgIpc) is 3.67. The van der Waals surface area contributed by atoms with E-state index in [0.717, 1.165) is 50.2 Å². The average molecular weight is 963 g/mol. The monoisotopic (exact) mass is 962 g/mol. The van der Waals surface area contributed by atoms with E-state index in [2.05, 4.69) is 173 Å². The van der Waals surface area contributed by atoms with Crippen LogP contribution in [0, 0.1) is 12.1 Å². The van der Waals surface area contributed by atoms with Crippen LogP contribution in [-0.2, 0) is 42.7 Å². The zero-order valence-electron chi connectivity index (χ0n) is 36.4. The minimum atomic E-state index is -0.331. The van der Waals surface area contributed by atoms with Gasteiger partial charge in [0.05, 0.1) is 0 Å². The van der Waals surface area contributed by atoms with Crippen molar-refractivity contribution < 1.29 is 30.4 Å². The molecule has 4 aromatic carbocycles. The number of rotatable bonds is 5. The summed E-state index contributed by atoms with van der Waals surface area (Å²) in [6.45, 7) is 26.1. The number of hydrogen-bond acceptors (Lipinski definition) is 5. The van der Waals surface area contributed by atoms with E-state index in [9.17, 15) is 0 Å². The summed E-state index contributed by atoms with van der Waals surface area (Å²) in [5.74, 6) is 3.80. The predicted octanol–water partition coefficient (Wildman–Crippen LogP) is 11.9. The van der Waals surface area contributed by atoms with Crippen LogP contribution in [-0.4, -0.2) is 42.1 Å². The van der Waals surface area contributed by atoms with Gasteiger partial charge in [-0.3, -0.25) is 0 Å². The second kappa shape index (κ2) is 14.8. The number of aromatic nitrogens is 5. The first kappa shape index (κ1) is 41.9. The van der Waals surface area contributed by atoms with Gasteiger partial charge in [0.25, 0.3) is 11.4 Å². The Hall–Kier alpha value is -5.29. The molecule has 0 atom stereocenters. The molecule has 8 nitrogen and oxygen atoms in total. The second-order valence-corrected chi connectivity index (χ2v) is 19.5. The van der Waals surface area contributed by atoms with Gasteiger partial charge in [0, 0.05) is 46.2 Å². The van der Waals surface area contributed by atoms with Crippen molar-refractivity contribution in [3.05, 3.63) is 120 Å². The molecule has 0 aliphatic carbocycles. The molecule has 9 heteroatoms. The molecule has 0 unspecified atom stereocenters. The van der Waals surface area contributed by atoms with Crippen molar-refractivity contribution >= 4 is 44.9 Å². The standard InChI is InChI=1S/C50H53N7O.Pt/c1-47(2,3)31-22-23-51-43(26-31)57-38-19-15-14-18-35(38)36-28-37(44-52-45(49(7,8)9)54-46(53-44)50(10,11)12)42(29-41(36)57)58-34-25-32(48(4,5)6)24-33(27-34)56-30-55(13)39-20-16-17-21-40(39)56;/h14-26,28H,1-13H3;/q;+2. The van der Waals surface area contributed by atoms with Crippen LogP contribution in [0.3, 0.4) is 0 Å². The van der Waals surface area contributed by atoms with Crippen molar-refractivity contribution in [2.24, 2.45) is 0 Å². The number of hydrogen-bond donors (Lipinski definition) is 0. The fourth-order valence-electron chi connectivity index (χ4n) is 7.20. The summed E-state index contributed by atoms with van der Waals surface area (Å²) in [5.41, 5.74) is 6.84. The van der Waals surface area contributed by atoms with E-state index in [4.69, 9.17) is 24.7 Å². The van der Waals surface area contributed by atoms with Crippen molar-refractivity contribution in [3.8, 4) is 28.7 Å². The van der Waals surface area contributed by atoms with Gasteiger partial charge in [0.2, 0.25) is 0 Å². The minimum absolute atomic E-state index is 0. The Morgan fingerprint density at radius 3 is 1.92 bits per heavy atom. The maximum Gasteiger partial charge on any atom is 2.00 e. The van der Waals surface area contributed by atoms with Gasteiger partial charge in [-0.25, -0.2) is 19.9 Å². The molecule has 3 aromatic heterocycles. The molecule has 1 aliphatic heterocycles. The molecular weight excluding hydrogens is 910 g/mol. The van der Waals surface area contributed by atoms with Gasteiger partial charge in [-0.15, -0.1) is 29.1 Å². The summed E-state index contributed by atoms with van der Waals surface area (Å²) in [7, 11) is 2.01. The Labute approximate surface area is 363 Å². The second-order valence-electron chi connectivity index (χ2n) is 19.5. The molecule has 0 spiro atoms. The van der Waals surface area contributed by atoms with E-state index in [1.807, 2.05) is 34.5 Å². The Bertz CT molecular complexity index is 2820. The Kier molecular flexibility index (Phi) is 10.5. The largest absolute Gasteiger partial charge is 2.00 e. The van der Waals surface area contributed by atoms with Gasteiger partial charge in [0.15, 0.2) is 7.05 Å². The topological polar surface area (TPSA) is 71.7 Å². The van der Waals surface area contributed by atoms with Crippen LogP contribution in [0.1, 0.15) is 106 Å². The maximum atomic E-state index is 7.13. The van der Waals surface area contributed by atoms with Crippen LogP contribution in [0.4, 0.5) is 17.1 Å². The summed E-state index contributed by atoms with van der Waals surface area (Å²) in [4.78, 5) is 20.3. The predicted molar refractivity (Wildman–Crippen MR) is 235 cm³/mol. The Morgan fingerprint density at radius 2 is 1.27 bits per heavy atom. The van der Waals surface area contributed by atoms with Crippen LogP contribution in [0.15, 0.2) is 85.1 Å². The molecule has 302 valence electrons. The smallest absolute Gasteiger partial charge is 0.508 e. The third-order valence-electron chi connectivity index (χ3n) is 10.6. The van der Waals surface area contributed by atoms with Crippen molar-refractivity contribution in [1.82, 2.24) is 29.1 Å². The molecule has 8 rings (SSSR count). The molecule has 0 saturated heterocycles. The van der Waals surface area contributed by atoms with Crippen molar-refractivity contribution in [2.45, 2.75) is 105 Å². The number of para-hydroxylation sites is 3. The molecule has 0 N–H and O–H groups in total. The number of pyridine rings is 1. The van der Waals surface area contributed by atoms with Gasteiger partial charge in [0.1, 0.15) is 29.0 Å². The number of ether oxygens (including phenoxy) is 1. The fourth-order valence-corrected chi connectivity index (χ4v) is 7.20. The molecule has 59 heavy (non-hydrogen) atoms. The zero-order chi connectivity index (χ0) is 41.5. The Morgan fingerprint density at radius 1 is 0.644 bits per heavy atom. The molecule has 0 radical (unpaired) electrons. The van der Waals surface area contributed by atoms with E-state index in [1.54, 1.807) is 0 Å². The van der Waals surface area contributed by atoms with Gasteiger partial charge in [-0.2, -0.15) is 0 Å². The first-order valence-electron chi connectivity index (χ1n) is 20.1. The van der Waals surface area contributed by atoms with Crippen molar-refractivity contribution in [3.63, 3.8) is 0 Å². The first-order chi connectivity index (χ1) is 27.2. The molecule has 7 aromatic rings. The molecular formula is C50H53N7OPt+2. The normalized spacial score (nSPS) is 13.3. The minimum Gasteiger partial charge on any atom is -0.508 e. The van der Waals surface area contributed by atoms with Crippen LogP contribution >= 0.6 is 0 Å². The Balaban J connectivity index is 0.00000528. The molecule has 0 saturated carbocycles. The molecule has 0 bridgehead atoms. The van der Waals surface area contributed by atoms with Crippen LogP contribution in [0.25, 0.3) is 39.0 Å². The number of benzene rings is 4. The molecule has 1 aliphatic rings. The molecule has 0 fully saturated rings. The number of fused-ring (bicyclic) bond motifs is 4. The van der Waals surface area contributed by atoms with E-state index in [0.29, 0.717) is 34.5 Å². The first-order valence-corrected chi connectivity index (χ1v) is 20.1. The summed E-state index contributed by atoms with van der Waals surface area (Å²) in [6, 6.07) is 38.3. The third kappa shape index (κ3) is 7.93.